The van der Waals surface area contributed by atoms with Gasteiger partial charge in [-0.1, -0.05) is 0 Å². The molecule has 1 aromatic carbocycles. The summed E-state index contributed by atoms with van der Waals surface area (Å²) in [7, 11) is 1.64. The zero-order chi connectivity index (χ0) is 12.1. The van der Waals surface area contributed by atoms with E-state index >= 15 is 0 Å². The second kappa shape index (κ2) is 5.24. The van der Waals surface area contributed by atoms with Gasteiger partial charge in [0.2, 0.25) is 5.91 Å². The number of hydrogen-bond donors (Lipinski definition) is 2. The van der Waals surface area contributed by atoms with Crippen LogP contribution >= 0.6 is 0 Å². The maximum atomic E-state index is 13.3. The Morgan fingerprint density at radius 1 is 1.56 bits per heavy atom. The van der Waals surface area contributed by atoms with Crippen molar-refractivity contribution in [3.05, 3.63) is 29.1 Å². The molecule has 0 aliphatic rings. The van der Waals surface area contributed by atoms with Crippen LogP contribution in [0.15, 0.2) is 12.1 Å². The minimum absolute atomic E-state index is 0.137. The molecule has 1 amide bonds. The lowest BCUT2D eigenvalue weighted by atomic mass is 10.1. The molecule has 84 valence electrons. The highest BCUT2D eigenvalue weighted by Gasteiger charge is 2.09. The minimum Gasteiger partial charge on any atom is -0.325 e. The van der Waals surface area contributed by atoms with Gasteiger partial charge in [-0.15, -0.1) is 0 Å². The van der Waals surface area contributed by atoms with E-state index < -0.39 is 5.82 Å². The molecular weight excluding hydrogens is 209 g/mol. The third-order valence-corrected chi connectivity index (χ3v) is 2.08. The van der Waals surface area contributed by atoms with Gasteiger partial charge in [0.1, 0.15) is 5.82 Å². The fraction of sp³-hybridized carbons (Fsp3) is 0.273. The second-order valence-corrected chi connectivity index (χ2v) is 3.32. The first-order chi connectivity index (χ1) is 7.58. The number of rotatable bonds is 3. The van der Waals surface area contributed by atoms with E-state index in [1.54, 1.807) is 14.0 Å². The molecule has 0 radical (unpaired) electrons. The molecule has 4 nitrogen and oxygen atoms in total. The highest BCUT2D eigenvalue weighted by atomic mass is 19.1. The number of likely N-dealkylation sites (N-methyl/N-ethyl adjacent to an activating group) is 1. The topological polar surface area (TPSA) is 64.9 Å². The van der Waals surface area contributed by atoms with Crippen LogP contribution in [0.1, 0.15) is 11.1 Å². The first-order valence-electron chi connectivity index (χ1n) is 4.73. The van der Waals surface area contributed by atoms with E-state index in [0.29, 0.717) is 11.3 Å². The molecule has 0 aromatic heterocycles. The molecule has 0 heterocycles. The Morgan fingerprint density at radius 3 is 2.81 bits per heavy atom. The van der Waals surface area contributed by atoms with Crippen LogP contribution in [0.25, 0.3) is 0 Å². The van der Waals surface area contributed by atoms with E-state index in [4.69, 9.17) is 5.26 Å². The van der Waals surface area contributed by atoms with Crippen LogP contribution in [0.5, 0.6) is 0 Å². The number of nitriles is 1. The zero-order valence-electron chi connectivity index (χ0n) is 9.10. The standard InChI is InChI=1S/C11H12FN3O/c1-7-9(12)3-8(5-13)4-10(7)15-11(16)6-14-2/h3-4,14H,6H2,1-2H3,(H,15,16). The SMILES string of the molecule is CNCC(=O)Nc1cc(C#N)cc(F)c1C. The summed E-state index contributed by atoms with van der Waals surface area (Å²) in [6.45, 7) is 1.68. The van der Waals surface area contributed by atoms with Gasteiger partial charge in [-0.2, -0.15) is 5.26 Å². The number of benzene rings is 1. The van der Waals surface area contributed by atoms with Gasteiger partial charge >= 0.3 is 0 Å². The van der Waals surface area contributed by atoms with Crippen LogP contribution in [0.3, 0.4) is 0 Å². The summed E-state index contributed by atoms with van der Waals surface area (Å²) >= 11 is 0. The van der Waals surface area contributed by atoms with Crippen LogP contribution in [-0.2, 0) is 4.79 Å². The largest absolute Gasteiger partial charge is 0.325 e. The second-order valence-electron chi connectivity index (χ2n) is 3.32. The molecule has 0 atom stereocenters. The Morgan fingerprint density at radius 2 is 2.25 bits per heavy atom. The van der Waals surface area contributed by atoms with E-state index in [-0.39, 0.29) is 18.0 Å². The maximum Gasteiger partial charge on any atom is 0.238 e. The molecule has 0 aliphatic carbocycles. The van der Waals surface area contributed by atoms with Crippen molar-refractivity contribution in [2.45, 2.75) is 6.92 Å². The number of nitrogens with zero attached hydrogens (tertiary/aromatic N) is 1. The Kier molecular flexibility index (Phi) is 3.97. The number of anilines is 1. The van der Waals surface area contributed by atoms with Crippen molar-refractivity contribution < 1.29 is 9.18 Å². The summed E-state index contributed by atoms with van der Waals surface area (Å²) in [5.41, 5.74) is 0.836. The molecule has 0 fully saturated rings. The van der Waals surface area contributed by atoms with Crippen LogP contribution in [0.4, 0.5) is 10.1 Å². The lowest BCUT2D eigenvalue weighted by Crippen LogP contribution is -2.25. The average molecular weight is 221 g/mol. The predicted molar refractivity (Wildman–Crippen MR) is 58.4 cm³/mol. The molecule has 2 N–H and O–H groups in total. The molecule has 0 spiro atoms. The van der Waals surface area contributed by atoms with Crippen molar-refractivity contribution in [1.82, 2.24) is 5.32 Å². The normalized spacial score (nSPS) is 9.62. The van der Waals surface area contributed by atoms with Gasteiger partial charge in [-0.05, 0) is 26.1 Å². The predicted octanol–water partition coefficient (Wildman–Crippen LogP) is 1.16. The van der Waals surface area contributed by atoms with Crippen molar-refractivity contribution in [3.8, 4) is 6.07 Å². The van der Waals surface area contributed by atoms with Crippen molar-refractivity contribution in [2.24, 2.45) is 0 Å². The average Bonchev–Trinajstić information content (AvgIpc) is 2.24. The van der Waals surface area contributed by atoms with Crippen molar-refractivity contribution in [2.75, 3.05) is 18.9 Å². The van der Waals surface area contributed by atoms with Crippen LogP contribution in [-0.4, -0.2) is 19.5 Å². The van der Waals surface area contributed by atoms with Crippen molar-refractivity contribution in [3.63, 3.8) is 0 Å². The molecule has 0 saturated carbocycles. The Hall–Kier alpha value is -1.93. The van der Waals surface area contributed by atoms with Gasteiger partial charge in [-0.3, -0.25) is 4.79 Å². The van der Waals surface area contributed by atoms with Gasteiger partial charge in [0, 0.05) is 11.3 Å². The third kappa shape index (κ3) is 2.78. The maximum absolute atomic E-state index is 13.3. The van der Waals surface area contributed by atoms with E-state index in [2.05, 4.69) is 10.6 Å². The summed E-state index contributed by atoms with van der Waals surface area (Å²) in [4.78, 5) is 11.3. The summed E-state index contributed by atoms with van der Waals surface area (Å²) < 4.78 is 13.3. The fourth-order valence-electron chi connectivity index (χ4n) is 1.23. The highest BCUT2D eigenvalue weighted by Crippen LogP contribution is 2.20. The zero-order valence-corrected chi connectivity index (χ0v) is 9.10. The van der Waals surface area contributed by atoms with Crippen LogP contribution in [0.2, 0.25) is 0 Å². The fourth-order valence-corrected chi connectivity index (χ4v) is 1.23. The Bertz CT molecular complexity index is 451. The van der Waals surface area contributed by atoms with Gasteiger partial charge in [0.25, 0.3) is 0 Å². The minimum atomic E-state index is -0.501. The molecule has 0 bridgehead atoms. The molecule has 1 rings (SSSR count). The summed E-state index contributed by atoms with van der Waals surface area (Å²) in [6.07, 6.45) is 0. The molecular formula is C11H12FN3O. The summed E-state index contributed by atoms with van der Waals surface area (Å²) in [6, 6.07) is 4.43. The first kappa shape index (κ1) is 12.1. The van der Waals surface area contributed by atoms with E-state index in [1.807, 2.05) is 6.07 Å². The van der Waals surface area contributed by atoms with Crippen molar-refractivity contribution in [1.29, 1.82) is 5.26 Å². The molecule has 16 heavy (non-hydrogen) atoms. The third-order valence-electron chi connectivity index (χ3n) is 2.08. The van der Waals surface area contributed by atoms with Gasteiger partial charge in [0.05, 0.1) is 18.2 Å². The lowest BCUT2D eigenvalue weighted by Gasteiger charge is -2.09. The number of carbonyl (C=O) groups excluding carboxylic acids is 1. The lowest BCUT2D eigenvalue weighted by molar-refractivity contribution is -0.115. The number of amides is 1. The van der Waals surface area contributed by atoms with E-state index in [1.165, 1.54) is 6.07 Å². The van der Waals surface area contributed by atoms with Gasteiger partial charge in [0.15, 0.2) is 0 Å². The molecule has 0 aliphatic heterocycles. The highest BCUT2D eigenvalue weighted by molar-refractivity contribution is 5.93. The van der Waals surface area contributed by atoms with E-state index in [0.717, 1.165) is 6.07 Å². The van der Waals surface area contributed by atoms with Crippen LogP contribution in [0, 0.1) is 24.1 Å². The summed E-state index contributed by atoms with van der Waals surface area (Å²) in [5.74, 6) is -0.779. The van der Waals surface area contributed by atoms with E-state index in [9.17, 15) is 9.18 Å². The quantitative estimate of drug-likeness (QED) is 0.805. The number of halogens is 1. The Labute approximate surface area is 93.1 Å². The number of hydrogen-bond acceptors (Lipinski definition) is 3. The molecule has 0 unspecified atom stereocenters. The smallest absolute Gasteiger partial charge is 0.238 e. The number of nitrogens with one attached hydrogen (secondary N) is 2. The number of carbonyl (C=O) groups is 1. The molecule has 0 saturated heterocycles. The molecule has 1 aromatic rings. The van der Waals surface area contributed by atoms with Gasteiger partial charge in [-0.25, -0.2) is 4.39 Å². The van der Waals surface area contributed by atoms with Crippen molar-refractivity contribution >= 4 is 11.6 Å². The first-order valence-corrected chi connectivity index (χ1v) is 4.73. The van der Waals surface area contributed by atoms with Crippen LogP contribution < -0.4 is 10.6 Å². The Balaban J connectivity index is 3.00. The molecule has 5 heteroatoms. The monoisotopic (exact) mass is 221 g/mol. The summed E-state index contributed by atoms with van der Waals surface area (Å²) in [5, 5.41) is 13.9. The van der Waals surface area contributed by atoms with Gasteiger partial charge < -0.3 is 10.6 Å².